The standard InChI is InChI=1S/C16H22ClN3O3/c1-3-23-16(22)20-9-7-12(8-10-20)18-15(21)19-14-6-4-5-13(17)11(14)2/h4-6,12H,3,7-10H2,1-2H3,(H2,18,19,21). The number of carbonyl (C=O) groups excluding carboxylic acids is 2. The second-order valence-electron chi connectivity index (χ2n) is 5.47. The van der Waals surface area contributed by atoms with Gasteiger partial charge >= 0.3 is 12.1 Å². The van der Waals surface area contributed by atoms with E-state index in [1.807, 2.05) is 13.0 Å². The number of nitrogens with zero attached hydrogens (tertiary/aromatic N) is 1. The Labute approximate surface area is 141 Å². The van der Waals surface area contributed by atoms with Crippen LogP contribution in [0.4, 0.5) is 15.3 Å². The van der Waals surface area contributed by atoms with Crippen LogP contribution in [-0.4, -0.2) is 42.8 Å². The summed E-state index contributed by atoms with van der Waals surface area (Å²) in [4.78, 5) is 25.4. The molecule has 1 saturated heterocycles. The molecule has 1 aliphatic rings. The molecular formula is C16H22ClN3O3. The first-order valence-electron chi connectivity index (χ1n) is 7.75. The van der Waals surface area contributed by atoms with Crippen molar-refractivity contribution in [2.24, 2.45) is 0 Å². The molecular weight excluding hydrogens is 318 g/mol. The molecule has 126 valence electrons. The van der Waals surface area contributed by atoms with Crippen LogP contribution in [0.25, 0.3) is 0 Å². The summed E-state index contributed by atoms with van der Waals surface area (Å²) in [6.07, 6.45) is 1.13. The largest absolute Gasteiger partial charge is 0.450 e. The molecule has 0 bridgehead atoms. The number of carbonyl (C=O) groups is 2. The fraction of sp³-hybridized carbons (Fsp3) is 0.500. The van der Waals surface area contributed by atoms with Crippen LogP contribution in [0.2, 0.25) is 5.02 Å². The maximum Gasteiger partial charge on any atom is 0.409 e. The maximum absolute atomic E-state index is 12.1. The van der Waals surface area contributed by atoms with Crippen molar-refractivity contribution >= 4 is 29.4 Å². The van der Waals surface area contributed by atoms with Gasteiger partial charge in [-0.15, -0.1) is 0 Å². The number of hydrogen-bond acceptors (Lipinski definition) is 3. The lowest BCUT2D eigenvalue weighted by molar-refractivity contribution is 0.0959. The number of nitrogens with one attached hydrogen (secondary N) is 2. The summed E-state index contributed by atoms with van der Waals surface area (Å²) >= 11 is 6.04. The quantitative estimate of drug-likeness (QED) is 0.886. The van der Waals surface area contributed by atoms with Gasteiger partial charge in [-0.2, -0.15) is 0 Å². The van der Waals surface area contributed by atoms with Crippen LogP contribution >= 0.6 is 11.6 Å². The number of piperidine rings is 1. The third-order valence-electron chi connectivity index (χ3n) is 3.87. The zero-order valence-corrected chi connectivity index (χ0v) is 14.2. The van der Waals surface area contributed by atoms with E-state index in [-0.39, 0.29) is 18.2 Å². The summed E-state index contributed by atoms with van der Waals surface area (Å²) in [7, 11) is 0. The second kappa shape index (κ2) is 8.06. The van der Waals surface area contributed by atoms with Crippen molar-refractivity contribution in [3.8, 4) is 0 Å². The van der Waals surface area contributed by atoms with Gasteiger partial charge in [0, 0.05) is 29.8 Å². The zero-order chi connectivity index (χ0) is 16.8. The van der Waals surface area contributed by atoms with Gasteiger partial charge in [0.05, 0.1) is 6.61 Å². The molecule has 3 amide bonds. The molecule has 0 atom stereocenters. The van der Waals surface area contributed by atoms with Gasteiger partial charge in [0.1, 0.15) is 0 Å². The highest BCUT2D eigenvalue weighted by atomic mass is 35.5. The predicted molar refractivity (Wildman–Crippen MR) is 90.0 cm³/mol. The average molecular weight is 340 g/mol. The topological polar surface area (TPSA) is 70.7 Å². The highest BCUT2D eigenvalue weighted by molar-refractivity contribution is 6.31. The summed E-state index contributed by atoms with van der Waals surface area (Å²) in [6, 6.07) is 5.17. The number of benzene rings is 1. The van der Waals surface area contributed by atoms with Crippen LogP contribution in [0.5, 0.6) is 0 Å². The van der Waals surface area contributed by atoms with Gasteiger partial charge < -0.3 is 20.3 Å². The third kappa shape index (κ3) is 4.76. The third-order valence-corrected chi connectivity index (χ3v) is 4.28. The van der Waals surface area contributed by atoms with E-state index >= 15 is 0 Å². The first-order chi connectivity index (χ1) is 11.0. The lowest BCUT2D eigenvalue weighted by Gasteiger charge is -2.31. The first-order valence-corrected chi connectivity index (χ1v) is 8.13. The molecule has 1 fully saturated rings. The summed E-state index contributed by atoms with van der Waals surface area (Å²) in [5.74, 6) is 0. The van der Waals surface area contributed by atoms with E-state index in [0.29, 0.717) is 43.2 Å². The van der Waals surface area contributed by atoms with Crippen molar-refractivity contribution in [1.82, 2.24) is 10.2 Å². The highest BCUT2D eigenvalue weighted by Gasteiger charge is 2.24. The van der Waals surface area contributed by atoms with Crippen LogP contribution in [-0.2, 0) is 4.74 Å². The van der Waals surface area contributed by atoms with Crippen molar-refractivity contribution in [3.63, 3.8) is 0 Å². The lowest BCUT2D eigenvalue weighted by atomic mass is 10.1. The van der Waals surface area contributed by atoms with Gasteiger partial charge in [-0.1, -0.05) is 17.7 Å². The second-order valence-corrected chi connectivity index (χ2v) is 5.88. The van der Waals surface area contributed by atoms with Gasteiger partial charge in [0.15, 0.2) is 0 Å². The molecule has 2 N–H and O–H groups in total. The van der Waals surface area contributed by atoms with Crippen molar-refractivity contribution in [2.75, 3.05) is 25.0 Å². The first kappa shape index (κ1) is 17.4. The van der Waals surface area contributed by atoms with Gasteiger partial charge in [0.2, 0.25) is 0 Å². The summed E-state index contributed by atoms with van der Waals surface area (Å²) in [6.45, 7) is 5.18. The van der Waals surface area contributed by atoms with E-state index in [4.69, 9.17) is 16.3 Å². The van der Waals surface area contributed by atoms with Gasteiger partial charge in [-0.05, 0) is 44.4 Å². The number of urea groups is 1. The number of hydrogen-bond donors (Lipinski definition) is 2. The van der Waals surface area contributed by atoms with E-state index < -0.39 is 0 Å². The number of likely N-dealkylation sites (tertiary alicyclic amines) is 1. The van der Waals surface area contributed by atoms with Crippen LogP contribution in [0, 0.1) is 6.92 Å². The van der Waals surface area contributed by atoms with E-state index in [1.165, 1.54) is 0 Å². The Morgan fingerprint density at radius 2 is 2.04 bits per heavy atom. The Morgan fingerprint density at radius 1 is 1.35 bits per heavy atom. The predicted octanol–water partition coefficient (Wildman–Crippen LogP) is 3.39. The Morgan fingerprint density at radius 3 is 2.70 bits per heavy atom. The molecule has 23 heavy (non-hydrogen) atoms. The van der Waals surface area contributed by atoms with Gasteiger partial charge in [0.25, 0.3) is 0 Å². The maximum atomic E-state index is 12.1. The van der Waals surface area contributed by atoms with Crippen molar-refractivity contribution in [1.29, 1.82) is 0 Å². The molecule has 1 aromatic rings. The molecule has 0 aromatic heterocycles. The molecule has 1 aromatic carbocycles. The molecule has 6 nitrogen and oxygen atoms in total. The molecule has 7 heteroatoms. The van der Waals surface area contributed by atoms with E-state index in [9.17, 15) is 9.59 Å². The molecule has 1 heterocycles. The van der Waals surface area contributed by atoms with Crippen LogP contribution in [0.3, 0.4) is 0 Å². The van der Waals surface area contributed by atoms with Crippen molar-refractivity contribution in [3.05, 3.63) is 28.8 Å². The number of ether oxygens (including phenoxy) is 1. The van der Waals surface area contributed by atoms with Crippen LogP contribution in [0.1, 0.15) is 25.3 Å². The van der Waals surface area contributed by atoms with E-state index in [2.05, 4.69) is 10.6 Å². The minimum atomic E-state index is -0.287. The summed E-state index contributed by atoms with van der Waals surface area (Å²) in [5, 5.41) is 6.36. The minimum absolute atomic E-state index is 0.0418. The fourth-order valence-corrected chi connectivity index (χ4v) is 2.68. The number of rotatable bonds is 3. The minimum Gasteiger partial charge on any atom is -0.450 e. The molecule has 1 aliphatic heterocycles. The monoisotopic (exact) mass is 339 g/mol. The smallest absolute Gasteiger partial charge is 0.409 e. The van der Waals surface area contributed by atoms with Gasteiger partial charge in [-0.25, -0.2) is 9.59 Å². The average Bonchev–Trinajstić information content (AvgIpc) is 2.53. The molecule has 0 saturated carbocycles. The SMILES string of the molecule is CCOC(=O)N1CCC(NC(=O)Nc2cccc(Cl)c2C)CC1. The van der Waals surface area contributed by atoms with Crippen molar-refractivity contribution < 1.29 is 14.3 Å². The van der Waals surface area contributed by atoms with E-state index in [0.717, 1.165) is 5.56 Å². The number of amides is 3. The normalized spacial score (nSPS) is 15.2. The van der Waals surface area contributed by atoms with Gasteiger partial charge in [-0.3, -0.25) is 0 Å². The zero-order valence-electron chi connectivity index (χ0n) is 13.4. The number of anilines is 1. The molecule has 0 aliphatic carbocycles. The number of halogens is 1. The fourth-order valence-electron chi connectivity index (χ4n) is 2.51. The Balaban J connectivity index is 1.81. The molecule has 0 spiro atoms. The van der Waals surface area contributed by atoms with Crippen LogP contribution in [0.15, 0.2) is 18.2 Å². The van der Waals surface area contributed by atoms with E-state index in [1.54, 1.807) is 24.0 Å². The molecule has 2 rings (SSSR count). The highest BCUT2D eigenvalue weighted by Crippen LogP contribution is 2.23. The lowest BCUT2D eigenvalue weighted by Crippen LogP contribution is -2.47. The van der Waals surface area contributed by atoms with Crippen molar-refractivity contribution in [2.45, 2.75) is 32.7 Å². The summed E-state index contributed by atoms with van der Waals surface area (Å²) < 4.78 is 4.98. The molecule has 0 unspecified atom stereocenters. The Hall–Kier alpha value is -1.95. The summed E-state index contributed by atoms with van der Waals surface area (Å²) in [5.41, 5.74) is 1.53. The Kier molecular flexibility index (Phi) is 6.10. The molecule has 0 radical (unpaired) electrons. The Bertz CT molecular complexity index is 572. The van der Waals surface area contributed by atoms with Crippen LogP contribution < -0.4 is 10.6 Å².